The number of nitrogens with two attached hydrogens (primary N) is 2. The van der Waals surface area contributed by atoms with E-state index in [0.29, 0.717) is 0 Å². The number of carbonyl (C=O) groups is 2. The Hall–Kier alpha value is -3.16. The number of rotatable bonds is 0. The van der Waals surface area contributed by atoms with Crippen LogP contribution in [-0.2, 0) is 9.59 Å². The molecular weight excluding hydrogens is 264 g/mol. The van der Waals surface area contributed by atoms with E-state index in [2.05, 4.69) is 9.97 Å². The van der Waals surface area contributed by atoms with E-state index >= 15 is 0 Å². The highest BCUT2D eigenvalue weighted by Crippen LogP contribution is 1.90. The van der Waals surface area contributed by atoms with Crippen LogP contribution in [0.5, 0.6) is 0 Å². The fraction of sp³-hybridized carbons (Fsp3) is 0. The molecule has 0 spiro atoms. The van der Waals surface area contributed by atoms with E-state index in [4.69, 9.17) is 31.3 Å². The number of pyridine rings is 2. The summed E-state index contributed by atoms with van der Waals surface area (Å²) in [5, 5.41) is 17.9. The number of carbonyl (C=O) groups excluding carboxylic acids is 2. The average molecular weight is 278 g/mol. The molecular formula is C12H14N4O4. The van der Waals surface area contributed by atoms with Gasteiger partial charge in [-0.05, 0) is 0 Å². The van der Waals surface area contributed by atoms with Gasteiger partial charge in [0.2, 0.25) is 0 Å². The second-order valence-corrected chi connectivity index (χ2v) is 3.24. The smallest absolute Gasteiger partial charge is 0.169 e. The van der Waals surface area contributed by atoms with Crippen LogP contribution in [-0.4, -0.2) is 11.9 Å². The molecule has 2 aromatic heterocycles. The molecule has 2 heterocycles. The lowest BCUT2D eigenvalue weighted by Gasteiger charge is -1.97. The number of anilines is 2. The van der Waals surface area contributed by atoms with Crippen molar-refractivity contribution >= 4 is 23.3 Å². The van der Waals surface area contributed by atoms with Crippen molar-refractivity contribution in [2.24, 2.45) is 0 Å². The molecule has 0 radical (unpaired) electrons. The number of H-pyrrole nitrogens is 2. The number of hydrogen-bond donors (Lipinski definition) is 2. The van der Waals surface area contributed by atoms with Gasteiger partial charge in [0.25, 0.3) is 0 Å². The summed E-state index contributed by atoms with van der Waals surface area (Å²) in [7, 11) is 0. The van der Waals surface area contributed by atoms with Gasteiger partial charge in [-0.25, -0.2) is 9.97 Å². The van der Waals surface area contributed by atoms with Crippen LogP contribution in [0.1, 0.15) is 0 Å². The van der Waals surface area contributed by atoms with Crippen molar-refractivity contribution in [3.63, 3.8) is 0 Å². The number of aromatic amines is 2. The van der Waals surface area contributed by atoms with Gasteiger partial charge in [-0.1, -0.05) is 0 Å². The summed E-state index contributed by atoms with van der Waals surface area (Å²) >= 11 is 0. The van der Waals surface area contributed by atoms with Crippen molar-refractivity contribution in [1.29, 1.82) is 0 Å². The van der Waals surface area contributed by atoms with Crippen molar-refractivity contribution in [2.75, 3.05) is 11.5 Å². The number of nitrogens with one attached hydrogen (secondary N) is 2. The fourth-order valence-corrected chi connectivity index (χ4v) is 0.800. The normalized spacial score (nSPS) is 8.20. The van der Waals surface area contributed by atoms with E-state index in [9.17, 15) is 0 Å². The molecule has 0 saturated carbocycles. The first-order chi connectivity index (χ1) is 9.43. The van der Waals surface area contributed by atoms with Gasteiger partial charge in [-0.15, -0.1) is 0 Å². The summed E-state index contributed by atoms with van der Waals surface area (Å²) in [6.45, 7) is 0. The molecule has 2 aromatic rings. The first kappa shape index (κ1) is 16.8. The average Bonchev–Trinajstić information content (AvgIpc) is 2.42. The zero-order valence-corrected chi connectivity index (χ0v) is 10.4. The number of hydrogen-bond acceptors (Lipinski definition) is 6. The van der Waals surface area contributed by atoms with Gasteiger partial charge in [-0.2, -0.15) is 0 Å². The molecule has 8 nitrogen and oxygen atoms in total. The maximum atomic E-state index is 8.93. The molecule has 2 rings (SSSR count). The third-order valence-corrected chi connectivity index (χ3v) is 1.65. The minimum Gasteiger partial charge on any atom is -0.543 e. The highest BCUT2D eigenvalue weighted by atomic mass is 16.4. The van der Waals surface area contributed by atoms with Crippen molar-refractivity contribution in [2.45, 2.75) is 0 Å². The van der Waals surface area contributed by atoms with Crippen molar-refractivity contribution in [3.05, 3.63) is 49.1 Å². The Balaban J connectivity index is 0.000000272. The summed E-state index contributed by atoms with van der Waals surface area (Å²) in [6, 6.07) is 7.22. The van der Waals surface area contributed by atoms with Crippen molar-refractivity contribution in [3.8, 4) is 0 Å². The minimum absolute atomic E-state index is 0.791. The third kappa shape index (κ3) is 10.0. The van der Waals surface area contributed by atoms with Gasteiger partial charge in [0.1, 0.15) is 0 Å². The second-order valence-electron chi connectivity index (χ2n) is 3.24. The molecule has 6 N–H and O–H groups in total. The summed E-state index contributed by atoms with van der Waals surface area (Å²) < 4.78 is 0. The summed E-state index contributed by atoms with van der Waals surface area (Å²) in [4.78, 5) is 23.6. The van der Waals surface area contributed by atoms with Gasteiger partial charge in [-0.3, -0.25) is 0 Å². The zero-order chi connectivity index (χ0) is 15.4. The molecule has 20 heavy (non-hydrogen) atoms. The Morgan fingerprint density at radius 1 is 0.750 bits per heavy atom. The predicted molar refractivity (Wildman–Crippen MR) is 64.8 cm³/mol. The van der Waals surface area contributed by atoms with Gasteiger partial charge < -0.3 is 31.3 Å². The first-order valence-corrected chi connectivity index (χ1v) is 5.29. The number of aliphatic carboxylic acids is 2. The SMILES string of the molecule is Nc1cc[nH+]cc1.Nc1cc[nH+]cc1.O=C([O-])C(=O)[O-]. The Morgan fingerprint density at radius 3 is 1.10 bits per heavy atom. The standard InChI is InChI=1S/2C5H6N2.C2H2O4/c2*6-5-1-3-7-4-2-5;3-1(4)2(5)6/h2*1-4H,(H2,6,7);(H,3,4)(H,5,6). The maximum absolute atomic E-state index is 8.93. The molecule has 0 fully saturated rings. The lowest BCUT2D eigenvalue weighted by molar-refractivity contribution is -0.378. The van der Waals surface area contributed by atoms with E-state index in [1.54, 1.807) is 49.1 Å². The molecule has 8 heteroatoms. The quantitative estimate of drug-likeness (QED) is 0.478. The van der Waals surface area contributed by atoms with Crippen molar-refractivity contribution in [1.82, 2.24) is 0 Å². The number of carboxylic acid groups (broad SMARTS) is 2. The molecule has 0 bridgehead atoms. The monoisotopic (exact) mass is 278 g/mol. The van der Waals surface area contributed by atoms with E-state index in [1.165, 1.54) is 0 Å². The number of aromatic nitrogens is 2. The molecule has 106 valence electrons. The summed E-state index contributed by atoms with van der Waals surface area (Å²) in [5.74, 6) is -4.37. The van der Waals surface area contributed by atoms with Crippen LogP contribution < -0.4 is 31.6 Å². The Kier molecular flexibility index (Phi) is 8.28. The molecule has 0 unspecified atom stereocenters. The predicted octanol–water partition coefficient (Wildman–Crippen LogP) is -3.35. The lowest BCUT2D eigenvalue weighted by atomic mass is 10.4. The third-order valence-electron chi connectivity index (χ3n) is 1.65. The molecule has 0 aliphatic rings. The topological polar surface area (TPSA) is 161 Å². The van der Waals surface area contributed by atoms with Gasteiger partial charge in [0.05, 0.1) is 11.9 Å². The molecule has 0 aromatic carbocycles. The van der Waals surface area contributed by atoms with Crippen LogP contribution in [0.4, 0.5) is 11.4 Å². The molecule has 0 saturated heterocycles. The summed E-state index contributed by atoms with van der Waals surface area (Å²) in [6.07, 6.45) is 7.15. The highest BCUT2D eigenvalue weighted by molar-refractivity contribution is 6.25. The fourth-order valence-electron chi connectivity index (χ4n) is 0.800. The molecule has 0 aliphatic heterocycles. The Labute approximate surface area is 114 Å². The minimum atomic E-state index is -2.19. The van der Waals surface area contributed by atoms with E-state index in [0.717, 1.165) is 11.4 Å². The van der Waals surface area contributed by atoms with Crippen LogP contribution in [0.3, 0.4) is 0 Å². The zero-order valence-electron chi connectivity index (χ0n) is 10.4. The van der Waals surface area contributed by atoms with E-state index < -0.39 is 11.9 Å². The second kappa shape index (κ2) is 9.83. The van der Waals surface area contributed by atoms with Crippen LogP contribution in [0.2, 0.25) is 0 Å². The van der Waals surface area contributed by atoms with Crippen LogP contribution in [0, 0.1) is 0 Å². The number of nitrogen functional groups attached to an aromatic ring is 2. The largest absolute Gasteiger partial charge is 0.543 e. The van der Waals surface area contributed by atoms with Crippen LogP contribution >= 0.6 is 0 Å². The summed E-state index contributed by atoms with van der Waals surface area (Å²) in [5.41, 5.74) is 12.3. The Morgan fingerprint density at radius 2 is 1.00 bits per heavy atom. The Bertz CT molecular complexity index is 470. The van der Waals surface area contributed by atoms with Gasteiger partial charge in [0.15, 0.2) is 24.8 Å². The van der Waals surface area contributed by atoms with Gasteiger partial charge in [0, 0.05) is 35.6 Å². The van der Waals surface area contributed by atoms with E-state index in [-0.39, 0.29) is 0 Å². The van der Waals surface area contributed by atoms with Crippen LogP contribution in [0.15, 0.2) is 49.1 Å². The molecule has 0 amide bonds. The highest BCUT2D eigenvalue weighted by Gasteiger charge is 1.79. The van der Waals surface area contributed by atoms with Crippen LogP contribution in [0.25, 0.3) is 0 Å². The molecule has 0 atom stereocenters. The van der Waals surface area contributed by atoms with E-state index in [1.807, 2.05) is 0 Å². The maximum Gasteiger partial charge on any atom is 0.169 e. The van der Waals surface area contributed by atoms with Gasteiger partial charge >= 0.3 is 0 Å². The van der Waals surface area contributed by atoms with Crippen molar-refractivity contribution < 1.29 is 29.8 Å². The number of carboxylic acids is 2. The lowest BCUT2D eigenvalue weighted by Crippen LogP contribution is -2.42. The first-order valence-electron chi connectivity index (χ1n) is 5.29. The molecule has 0 aliphatic carbocycles.